The summed E-state index contributed by atoms with van der Waals surface area (Å²) in [5, 5.41) is 0. The van der Waals surface area contributed by atoms with Crippen molar-refractivity contribution in [2.24, 2.45) is 0 Å². The first kappa shape index (κ1) is 16.7. The van der Waals surface area contributed by atoms with Crippen molar-refractivity contribution < 1.29 is 24.3 Å². The summed E-state index contributed by atoms with van der Waals surface area (Å²) < 4.78 is 10.9. The van der Waals surface area contributed by atoms with E-state index in [2.05, 4.69) is 23.2 Å². The van der Waals surface area contributed by atoms with Crippen LogP contribution in [0.2, 0.25) is 0 Å². The van der Waals surface area contributed by atoms with Crippen LogP contribution in [0.25, 0.3) is 0 Å². The van der Waals surface area contributed by atoms with Gasteiger partial charge in [-0.1, -0.05) is 0 Å². The molecule has 1 aliphatic heterocycles. The number of hydrogen-bond acceptors (Lipinski definition) is 2. The third-order valence-corrected chi connectivity index (χ3v) is 4.81. The Bertz CT molecular complexity index is 640. The van der Waals surface area contributed by atoms with E-state index >= 15 is 0 Å². The Morgan fingerprint density at radius 1 is 0.917 bits per heavy atom. The average molecular weight is 330 g/mol. The summed E-state index contributed by atoms with van der Waals surface area (Å²) in [4.78, 5) is 6.60. The maximum absolute atomic E-state index is 5.51. The van der Waals surface area contributed by atoms with Crippen LogP contribution in [0.15, 0.2) is 42.6 Å². The summed E-state index contributed by atoms with van der Waals surface area (Å²) >= 11 is 0. The lowest BCUT2D eigenvalue weighted by Crippen LogP contribution is -3.27. The number of H-pyrrole nitrogens is 1. The highest BCUT2D eigenvalue weighted by molar-refractivity contribution is 5.39. The molecule has 2 aromatic rings. The molecular weight excluding hydrogens is 302 g/mol. The van der Waals surface area contributed by atoms with E-state index in [9.17, 15) is 0 Å². The Kier molecular flexibility index (Phi) is 5.67. The van der Waals surface area contributed by atoms with Crippen molar-refractivity contribution >= 4 is 0 Å². The Hall–Kier alpha value is -2.11. The number of hydrogen-bond donors (Lipinski definition) is 2. The standard InChI is InChI=1S/C19H25N3O2/c1-23-18-6-7-19(24-2)16(13-18)14-21-9-11-22(12-10-21)15-17-5-3-4-8-20-17/h3-8,13H,9-12,14-15H2,1-2H3/p+3. The Morgan fingerprint density at radius 3 is 2.29 bits per heavy atom. The molecule has 0 saturated carbocycles. The predicted octanol–water partition coefficient (Wildman–Crippen LogP) is -0.998. The van der Waals surface area contributed by atoms with Crippen LogP contribution in [0.5, 0.6) is 11.5 Å². The van der Waals surface area contributed by atoms with E-state index in [1.54, 1.807) is 24.0 Å². The first-order chi connectivity index (χ1) is 11.8. The molecule has 0 aliphatic carbocycles. The summed E-state index contributed by atoms with van der Waals surface area (Å²) in [6.07, 6.45) is 2.01. The summed E-state index contributed by atoms with van der Waals surface area (Å²) in [5.41, 5.74) is 2.54. The minimum atomic E-state index is 0.897. The quantitative estimate of drug-likeness (QED) is 0.714. The molecule has 1 aromatic heterocycles. The van der Waals surface area contributed by atoms with Crippen molar-refractivity contribution in [3.8, 4) is 11.5 Å². The normalized spacial score (nSPS) is 20.6. The van der Waals surface area contributed by atoms with Crippen LogP contribution in [-0.2, 0) is 13.1 Å². The molecule has 0 spiro atoms. The maximum atomic E-state index is 5.51. The highest BCUT2D eigenvalue weighted by Gasteiger charge is 2.25. The lowest BCUT2D eigenvalue weighted by Gasteiger charge is -2.29. The van der Waals surface area contributed by atoms with Crippen molar-refractivity contribution in [2.45, 2.75) is 13.1 Å². The summed E-state index contributed by atoms with van der Waals surface area (Å²) in [5.74, 6) is 1.85. The highest BCUT2D eigenvalue weighted by Crippen LogP contribution is 2.23. The van der Waals surface area contributed by atoms with Crippen LogP contribution < -0.4 is 24.3 Å². The summed E-state index contributed by atoms with van der Waals surface area (Å²) in [6, 6.07) is 12.4. The molecule has 1 fully saturated rings. The van der Waals surface area contributed by atoms with E-state index in [1.807, 2.05) is 24.4 Å². The number of methoxy groups -OCH3 is 2. The lowest BCUT2D eigenvalue weighted by molar-refractivity contribution is -1.03. The number of pyridine rings is 1. The molecule has 1 aliphatic rings. The van der Waals surface area contributed by atoms with Gasteiger partial charge in [0.1, 0.15) is 44.2 Å². The van der Waals surface area contributed by atoms with Gasteiger partial charge >= 0.3 is 0 Å². The molecule has 3 rings (SSSR count). The van der Waals surface area contributed by atoms with Crippen molar-refractivity contribution in [3.05, 3.63) is 53.9 Å². The van der Waals surface area contributed by atoms with Gasteiger partial charge in [-0.15, -0.1) is 0 Å². The van der Waals surface area contributed by atoms with Crippen molar-refractivity contribution in [1.29, 1.82) is 0 Å². The minimum Gasteiger partial charge on any atom is -0.497 e. The molecule has 5 heteroatoms. The SMILES string of the molecule is COc1ccc(OC)c(C[NH+]2CC[NH+](Cc3cccc[nH+]3)CC2)c1. The molecule has 3 N–H and O–H groups in total. The van der Waals surface area contributed by atoms with Crippen LogP contribution in [0.3, 0.4) is 0 Å². The van der Waals surface area contributed by atoms with Crippen LogP contribution in [0.1, 0.15) is 11.3 Å². The number of nitrogens with one attached hydrogen (secondary N) is 3. The molecule has 0 radical (unpaired) electrons. The monoisotopic (exact) mass is 330 g/mol. The molecule has 0 amide bonds. The van der Waals surface area contributed by atoms with Gasteiger partial charge < -0.3 is 19.3 Å². The highest BCUT2D eigenvalue weighted by atomic mass is 16.5. The second-order valence-corrected chi connectivity index (χ2v) is 6.42. The summed E-state index contributed by atoms with van der Waals surface area (Å²) in [6.45, 7) is 6.83. The van der Waals surface area contributed by atoms with Gasteiger partial charge in [-0.25, -0.2) is 4.98 Å². The molecule has 24 heavy (non-hydrogen) atoms. The maximum Gasteiger partial charge on any atom is 0.234 e. The van der Waals surface area contributed by atoms with E-state index in [0.717, 1.165) is 24.6 Å². The van der Waals surface area contributed by atoms with E-state index < -0.39 is 0 Å². The second-order valence-electron chi connectivity index (χ2n) is 6.42. The van der Waals surface area contributed by atoms with Crippen molar-refractivity contribution in [1.82, 2.24) is 0 Å². The van der Waals surface area contributed by atoms with E-state index in [1.165, 1.54) is 37.4 Å². The van der Waals surface area contributed by atoms with Gasteiger partial charge in [-0.05, 0) is 24.3 Å². The van der Waals surface area contributed by atoms with Gasteiger partial charge in [0, 0.05) is 12.1 Å². The molecule has 5 nitrogen and oxygen atoms in total. The fourth-order valence-electron chi connectivity index (χ4n) is 3.41. The molecular formula is C19H28N3O2+3. The first-order valence-electron chi connectivity index (χ1n) is 8.62. The van der Waals surface area contributed by atoms with Crippen LogP contribution in [0, 0.1) is 0 Å². The zero-order chi connectivity index (χ0) is 16.8. The molecule has 128 valence electrons. The molecule has 1 saturated heterocycles. The van der Waals surface area contributed by atoms with Crippen LogP contribution in [-0.4, -0.2) is 40.4 Å². The van der Waals surface area contributed by atoms with E-state index in [-0.39, 0.29) is 0 Å². The topological polar surface area (TPSA) is 41.5 Å². The zero-order valence-corrected chi connectivity index (χ0v) is 14.6. The van der Waals surface area contributed by atoms with Crippen LogP contribution >= 0.6 is 0 Å². The second kappa shape index (κ2) is 8.13. The third-order valence-electron chi connectivity index (χ3n) is 4.81. The van der Waals surface area contributed by atoms with Crippen molar-refractivity contribution in [3.63, 3.8) is 0 Å². The largest absolute Gasteiger partial charge is 0.497 e. The van der Waals surface area contributed by atoms with Gasteiger partial charge in [0.15, 0.2) is 12.7 Å². The number of quaternary nitrogens is 2. The van der Waals surface area contributed by atoms with E-state index in [0.29, 0.717) is 0 Å². The number of aromatic amines is 1. The predicted molar refractivity (Wildman–Crippen MR) is 91.3 cm³/mol. The third kappa shape index (κ3) is 4.24. The zero-order valence-electron chi connectivity index (χ0n) is 14.6. The Balaban J connectivity index is 1.55. The Labute approximate surface area is 143 Å². The van der Waals surface area contributed by atoms with Gasteiger partial charge in [0.05, 0.1) is 19.8 Å². The van der Waals surface area contributed by atoms with Crippen molar-refractivity contribution in [2.75, 3.05) is 40.4 Å². The minimum absolute atomic E-state index is 0.897. The number of aromatic nitrogens is 1. The molecule has 0 atom stereocenters. The van der Waals surface area contributed by atoms with Crippen LogP contribution in [0.4, 0.5) is 0 Å². The van der Waals surface area contributed by atoms with Gasteiger partial charge in [-0.2, -0.15) is 0 Å². The molecule has 0 bridgehead atoms. The molecule has 1 aromatic carbocycles. The number of benzene rings is 1. The fourth-order valence-corrected chi connectivity index (χ4v) is 3.41. The van der Waals surface area contributed by atoms with Gasteiger partial charge in [0.25, 0.3) is 0 Å². The lowest BCUT2D eigenvalue weighted by atomic mass is 10.1. The average Bonchev–Trinajstić information content (AvgIpc) is 2.64. The fraction of sp³-hybridized carbons (Fsp3) is 0.421. The molecule has 0 unspecified atom stereocenters. The smallest absolute Gasteiger partial charge is 0.234 e. The first-order valence-corrected chi connectivity index (χ1v) is 8.62. The number of piperazine rings is 1. The van der Waals surface area contributed by atoms with E-state index in [4.69, 9.17) is 9.47 Å². The molecule has 2 heterocycles. The van der Waals surface area contributed by atoms with Gasteiger partial charge in [-0.3, -0.25) is 0 Å². The van der Waals surface area contributed by atoms with Gasteiger partial charge in [0.2, 0.25) is 5.69 Å². The summed E-state index contributed by atoms with van der Waals surface area (Å²) in [7, 11) is 3.44. The number of rotatable bonds is 6. The number of ether oxygens (including phenoxy) is 2. The Morgan fingerprint density at radius 2 is 1.67 bits per heavy atom.